The van der Waals surface area contributed by atoms with Crippen molar-refractivity contribution in [1.82, 2.24) is 15.0 Å². The summed E-state index contributed by atoms with van der Waals surface area (Å²) < 4.78 is 11.0. The Morgan fingerprint density at radius 1 is 1.00 bits per heavy atom. The minimum atomic E-state index is 0. The first kappa shape index (κ1) is 19.5. The van der Waals surface area contributed by atoms with E-state index in [9.17, 15) is 0 Å². The van der Waals surface area contributed by atoms with Gasteiger partial charge in [-0.15, -0.1) is 12.4 Å². The van der Waals surface area contributed by atoms with Gasteiger partial charge >= 0.3 is 0 Å². The van der Waals surface area contributed by atoms with Gasteiger partial charge in [-0.2, -0.15) is 4.98 Å². The first-order valence-electron chi connectivity index (χ1n) is 8.85. The van der Waals surface area contributed by atoms with Gasteiger partial charge in [0.1, 0.15) is 0 Å². The van der Waals surface area contributed by atoms with Crippen LogP contribution in [0, 0.1) is 0 Å². The van der Waals surface area contributed by atoms with Crippen molar-refractivity contribution in [2.24, 2.45) is 5.73 Å². The van der Waals surface area contributed by atoms with Gasteiger partial charge in [-0.3, -0.25) is 4.90 Å². The molecule has 1 aromatic heterocycles. The van der Waals surface area contributed by atoms with E-state index in [1.807, 2.05) is 42.5 Å². The number of halogens is 1. The fourth-order valence-electron chi connectivity index (χ4n) is 3.11. The van der Waals surface area contributed by atoms with Gasteiger partial charge in [-0.25, -0.2) is 0 Å². The van der Waals surface area contributed by atoms with E-state index in [2.05, 4.69) is 21.1 Å². The Hall–Kier alpha value is -2.25. The predicted molar refractivity (Wildman–Crippen MR) is 106 cm³/mol. The van der Waals surface area contributed by atoms with Crippen molar-refractivity contribution in [1.29, 1.82) is 0 Å². The molecule has 7 heteroatoms. The molecule has 2 heterocycles. The van der Waals surface area contributed by atoms with Crippen LogP contribution in [0.5, 0.6) is 0 Å². The Kier molecular flexibility index (Phi) is 6.58. The monoisotopic (exact) mass is 386 g/mol. The van der Waals surface area contributed by atoms with Crippen LogP contribution in [0.15, 0.2) is 53.1 Å². The summed E-state index contributed by atoms with van der Waals surface area (Å²) in [7, 11) is 0. The molecule has 0 atom stereocenters. The minimum Gasteiger partial charge on any atom is -0.379 e. The van der Waals surface area contributed by atoms with Gasteiger partial charge in [0.15, 0.2) is 0 Å². The summed E-state index contributed by atoms with van der Waals surface area (Å²) in [5.74, 6) is 1.14. The van der Waals surface area contributed by atoms with Crippen molar-refractivity contribution < 1.29 is 9.26 Å². The summed E-state index contributed by atoms with van der Waals surface area (Å²) >= 11 is 0. The summed E-state index contributed by atoms with van der Waals surface area (Å²) in [6.07, 6.45) is 0. The molecule has 0 spiro atoms. The number of hydrogen-bond acceptors (Lipinski definition) is 6. The van der Waals surface area contributed by atoms with Crippen molar-refractivity contribution >= 4 is 12.4 Å². The first-order chi connectivity index (χ1) is 12.8. The topological polar surface area (TPSA) is 77.4 Å². The second-order valence-corrected chi connectivity index (χ2v) is 6.37. The Balaban J connectivity index is 0.00000210. The second kappa shape index (κ2) is 9.10. The average molecular weight is 387 g/mol. The van der Waals surface area contributed by atoms with Crippen molar-refractivity contribution in [2.75, 3.05) is 26.3 Å². The average Bonchev–Trinajstić information content (AvgIpc) is 3.19. The molecular formula is C20H23ClN4O2. The number of benzene rings is 2. The van der Waals surface area contributed by atoms with Crippen LogP contribution in [0.1, 0.15) is 11.1 Å². The van der Waals surface area contributed by atoms with Crippen LogP contribution in [0.4, 0.5) is 0 Å². The van der Waals surface area contributed by atoms with E-state index in [-0.39, 0.29) is 12.4 Å². The molecule has 0 amide bonds. The Morgan fingerprint density at radius 3 is 2.48 bits per heavy atom. The molecule has 1 saturated heterocycles. The molecule has 142 valence electrons. The van der Waals surface area contributed by atoms with E-state index in [4.69, 9.17) is 15.0 Å². The molecule has 0 saturated carbocycles. The molecule has 0 radical (unpaired) electrons. The van der Waals surface area contributed by atoms with Gasteiger partial charge in [0.05, 0.1) is 13.2 Å². The number of hydrogen-bond donors (Lipinski definition) is 1. The highest BCUT2D eigenvalue weighted by atomic mass is 35.5. The van der Waals surface area contributed by atoms with Crippen LogP contribution >= 0.6 is 12.4 Å². The van der Waals surface area contributed by atoms with Crippen molar-refractivity contribution in [2.45, 2.75) is 13.1 Å². The molecule has 4 rings (SSSR count). The zero-order chi connectivity index (χ0) is 17.8. The molecule has 3 aromatic rings. The third-order valence-corrected chi connectivity index (χ3v) is 4.62. The van der Waals surface area contributed by atoms with E-state index in [0.717, 1.165) is 49.5 Å². The normalized spacial score (nSPS) is 14.7. The van der Waals surface area contributed by atoms with Gasteiger partial charge in [-0.05, 0) is 17.2 Å². The smallest absolute Gasteiger partial charge is 0.258 e. The summed E-state index contributed by atoms with van der Waals surface area (Å²) in [5.41, 5.74) is 9.81. The lowest BCUT2D eigenvalue weighted by Gasteiger charge is -2.27. The fraction of sp³-hybridized carbons (Fsp3) is 0.300. The number of ether oxygens (including phenoxy) is 1. The molecule has 0 aliphatic carbocycles. The Morgan fingerprint density at radius 2 is 1.74 bits per heavy atom. The molecule has 1 aliphatic heterocycles. The van der Waals surface area contributed by atoms with E-state index in [1.54, 1.807) is 0 Å². The molecule has 1 aliphatic rings. The highest BCUT2D eigenvalue weighted by molar-refractivity contribution is 5.85. The number of morpholine rings is 1. The summed E-state index contributed by atoms with van der Waals surface area (Å²) in [6.45, 7) is 4.82. The van der Waals surface area contributed by atoms with Crippen LogP contribution in [-0.2, 0) is 17.8 Å². The van der Waals surface area contributed by atoms with Crippen LogP contribution in [0.2, 0.25) is 0 Å². The Labute approximate surface area is 164 Å². The lowest BCUT2D eigenvalue weighted by Crippen LogP contribution is -2.35. The maximum atomic E-state index is 5.65. The van der Waals surface area contributed by atoms with Crippen LogP contribution in [0.3, 0.4) is 0 Å². The second-order valence-electron chi connectivity index (χ2n) is 6.37. The van der Waals surface area contributed by atoms with Gasteiger partial charge in [0.2, 0.25) is 5.82 Å². The van der Waals surface area contributed by atoms with Crippen LogP contribution < -0.4 is 5.73 Å². The number of nitrogens with zero attached hydrogens (tertiary/aromatic N) is 3. The molecular weight excluding hydrogens is 364 g/mol. The lowest BCUT2D eigenvalue weighted by molar-refractivity contribution is 0.0342. The fourth-order valence-corrected chi connectivity index (χ4v) is 3.11. The largest absolute Gasteiger partial charge is 0.379 e. The zero-order valence-electron chi connectivity index (χ0n) is 15.0. The molecule has 0 unspecified atom stereocenters. The predicted octanol–water partition coefficient (Wildman–Crippen LogP) is 3.12. The van der Waals surface area contributed by atoms with Gasteiger partial charge in [-0.1, -0.05) is 47.6 Å². The quantitative estimate of drug-likeness (QED) is 0.726. The SMILES string of the molecule is Cl.NCc1ccc(-c2noc(-c3ccccc3CN3CCOCC3)n2)cc1. The molecule has 2 aromatic carbocycles. The van der Waals surface area contributed by atoms with Crippen LogP contribution in [0.25, 0.3) is 22.8 Å². The number of rotatable bonds is 5. The summed E-state index contributed by atoms with van der Waals surface area (Å²) in [5, 5.41) is 4.16. The standard InChI is InChI=1S/C20H22N4O2.ClH/c21-13-15-5-7-16(8-6-15)19-22-20(26-23-19)18-4-2-1-3-17(18)14-24-9-11-25-12-10-24;/h1-8H,9-14,21H2;1H. The maximum absolute atomic E-state index is 5.65. The highest BCUT2D eigenvalue weighted by Gasteiger charge is 2.17. The summed E-state index contributed by atoms with van der Waals surface area (Å²) in [4.78, 5) is 6.99. The van der Waals surface area contributed by atoms with Gasteiger partial charge in [0, 0.05) is 37.3 Å². The Bertz CT molecular complexity index is 860. The van der Waals surface area contributed by atoms with Gasteiger partial charge in [0.25, 0.3) is 5.89 Å². The lowest BCUT2D eigenvalue weighted by atomic mass is 10.1. The number of aromatic nitrogens is 2. The highest BCUT2D eigenvalue weighted by Crippen LogP contribution is 2.26. The van der Waals surface area contributed by atoms with Gasteiger partial charge < -0.3 is 15.0 Å². The van der Waals surface area contributed by atoms with E-state index >= 15 is 0 Å². The third-order valence-electron chi connectivity index (χ3n) is 4.62. The first-order valence-corrected chi connectivity index (χ1v) is 8.85. The van der Waals surface area contributed by atoms with Crippen molar-refractivity contribution in [3.05, 3.63) is 59.7 Å². The molecule has 0 bridgehead atoms. The van der Waals surface area contributed by atoms with E-state index in [0.29, 0.717) is 18.3 Å². The molecule has 27 heavy (non-hydrogen) atoms. The molecule has 2 N–H and O–H groups in total. The maximum Gasteiger partial charge on any atom is 0.258 e. The third kappa shape index (κ3) is 4.54. The van der Waals surface area contributed by atoms with Crippen molar-refractivity contribution in [3.63, 3.8) is 0 Å². The zero-order valence-corrected chi connectivity index (χ0v) is 15.8. The van der Waals surface area contributed by atoms with Crippen molar-refractivity contribution in [3.8, 4) is 22.8 Å². The molecule has 6 nitrogen and oxygen atoms in total. The van der Waals surface area contributed by atoms with E-state index in [1.165, 1.54) is 5.56 Å². The summed E-state index contributed by atoms with van der Waals surface area (Å²) in [6, 6.07) is 16.1. The minimum absolute atomic E-state index is 0. The van der Waals surface area contributed by atoms with E-state index < -0.39 is 0 Å². The number of nitrogens with two attached hydrogens (primary N) is 1. The van der Waals surface area contributed by atoms with Crippen LogP contribution in [-0.4, -0.2) is 41.3 Å². The molecule has 1 fully saturated rings.